The van der Waals surface area contributed by atoms with Gasteiger partial charge in [0.25, 0.3) is 0 Å². The lowest BCUT2D eigenvalue weighted by Gasteiger charge is -2.57. The van der Waals surface area contributed by atoms with Gasteiger partial charge in [-0.25, -0.2) is 0 Å². The minimum atomic E-state index is -0.171. The van der Waals surface area contributed by atoms with Gasteiger partial charge in [0.15, 0.2) is 5.78 Å². The molecule has 5 atom stereocenters. The highest BCUT2D eigenvalue weighted by atomic mass is 16.5. The molecular formula is C30H36O3. The molecule has 1 saturated heterocycles. The Kier molecular flexibility index (Phi) is 4.99. The van der Waals surface area contributed by atoms with Crippen LogP contribution in [-0.2, 0) is 9.53 Å². The summed E-state index contributed by atoms with van der Waals surface area (Å²) in [7, 11) is 1.73. The number of hydrogen-bond donors (Lipinski definition) is 0. The molecule has 0 unspecified atom stereocenters. The number of allylic oxidation sites excluding steroid dienone is 4. The monoisotopic (exact) mass is 444 g/mol. The van der Waals surface area contributed by atoms with Crippen LogP contribution in [0.1, 0.15) is 76.2 Å². The minimum absolute atomic E-state index is 0.0928. The van der Waals surface area contributed by atoms with E-state index in [9.17, 15) is 4.79 Å². The Balaban J connectivity index is 1.51. The van der Waals surface area contributed by atoms with Crippen LogP contribution in [-0.4, -0.2) is 25.1 Å². The molecule has 3 heteroatoms. The molecule has 0 bridgehead atoms. The Morgan fingerprint density at radius 1 is 1.09 bits per heavy atom. The van der Waals surface area contributed by atoms with E-state index in [2.05, 4.69) is 37.8 Å². The van der Waals surface area contributed by atoms with Gasteiger partial charge >= 0.3 is 0 Å². The average Bonchev–Trinajstić information content (AvgIpc) is 3.12. The van der Waals surface area contributed by atoms with Gasteiger partial charge in [-0.3, -0.25) is 4.79 Å². The molecule has 1 aromatic carbocycles. The fourth-order valence-electron chi connectivity index (χ4n) is 8.44. The topological polar surface area (TPSA) is 35.5 Å². The summed E-state index contributed by atoms with van der Waals surface area (Å²) in [6, 6.07) is 8.74. The lowest BCUT2D eigenvalue weighted by Crippen LogP contribution is -2.55. The van der Waals surface area contributed by atoms with E-state index in [0.717, 1.165) is 57.3 Å². The van der Waals surface area contributed by atoms with Crippen molar-refractivity contribution >= 4 is 5.78 Å². The maximum atomic E-state index is 12.2. The first-order valence-electron chi connectivity index (χ1n) is 12.9. The van der Waals surface area contributed by atoms with Gasteiger partial charge in [-0.05, 0) is 104 Å². The summed E-state index contributed by atoms with van der Waals surface area (Å²) in [6.45, 7) is 7.97. The van der Waals surface area contributed by atoms with Gasteiger partial charge in [-0.1, -0.05) is 31.2 Å². The molecular weight excluding hydrogens is 408 g/mol. The smallest absolute Gasteiger partial charge is 0.156 e. The van der Waals surface area contributed by atoms with E-state index in [-0.39, 0.29) is 11.0 Å². The minimum Gasteiger partial charge on any atom is -0.497 e. The summed E-state index contributed by atoms with van der Waals surface area (Å²) >= 11 is 0. The third-order valence-corrected chi connectivity index (χ3v) is 9.92. The molecule has 174 valence electrons. The first-order valence-corrected chi connectivity index (χ1v) is 12.9. The molecule has 5 aliphatic rings. The number of ether oxygens (including phenoxy) is 2. The maximum absolute atomic E-state index is 12.2. The van der Waals surface area contributed by atoms with Crippen molar-refractivity contribution in [3.63, 3.8) is 0 Å². The average molecular weight is 445 g/mol. The summed E-state index contributed by atoms with van der Waals surface area (Å²) in [4.78, 5) is 12.2. The van der Waals surface area contributed by atoms with Gasteiger partial charge in [0.2, 0.25) is 0 Å². The van der Waals surface area contributed by atoms with Gasteiger partial charge in [0, 0.05) is 24.4 Å². The second-order valence-electron chi connectivity index (χ2n) is 11.2. The van der Waals surface area contributed by atoms with Crippen molar-refractivity contribution < 1.29 is 14.3 Å². The zero-order chi connectivity index (χ0) is 22.8. The number of fused-ring (bicyclic) bond motifs is 5. The molecule has 4 aliphatic carbocycles. The number of carbonyl (C=O) groups is 1. The van der Waals surface area contributed by atoms with Crippen molar-refractivity contribution in [3.05, 3.63) is 64.8 Å². The van der Waals surface area contributed by atoms with Crippen LogP contribution in [0.25, 0.3) is 0 Å². The van der Waals surface area contributed by atoms with Crippen molar-refractivity contribution in [2.45, 2.75) is 76.2 Å². The van der Waals surface area contributed by atoms with Crippen LogP contribution in [0.3, 0.4) is 0 Å². The van der Waals surface area contributed by atoms with E-state index < -0.39 is 0 Å². The van der Waals surface area contributed by atoms with Crippen molar-refractivity contribution in [1.29, 1.82) is 0 Å². The van der Waals surface area contributed by atoms with Crippen LogP contribution in [0.5, 0.6) is 5.75 Å². The highest BCUT2D eigenvalue weighted by Gasteiger charge is 2.65. The van der Waals surface area contributed by atoms with Gasteiger partial charge in [0.1, 0.15) is 5.75 Å². The van der Waals surface area contributed by atoms with Crippen molar-refractivity contribution in [2.24, 2.45) is 17.3 Å². The van der Waals surface area contributed by atoms with Crippen molar-refractivity contribution in [2.75, 3.05) is 13.7 Å². The summed E-state index contributed by atoms with van der Waals surface area (Å²) in [6.07, 6.45) is 11.4. The van der Waals surface area contributed by atoms with Crippen LogP contribution in [0.2, 0.25) is 0 Å². The van der Waals surface area contributed by atoms with E-state index in [1.54, 1.807) is 12.7 Å². The Morgan fingerprint density at radius 2 is 1.91 bits per heavy atom. The van der Waals surface area contributed by atoms with E-state index in [1.165, 1.54) is 28.7 Å². The lowest BCUT2D eigenvalue weighted by atomic mass is 9.50. The number of benzene rings is 1. The van der Waals surface area contributed by atoms with Crippen LogP contribution >= 0.6 is 0 Å². The first-order chi connectivity index (χ1) is 16.0. The third kappa shape index (κ3) is 3.00. The molecule has 1 aliphatic heterocycles. The summed E-state index contributed by atoms with van der Waals surface area (Å²) in [5.74, 6) is 2.78. The second kappa shape index (κ2) is 7.70. The molecule has 0 amide bonds. The number of carbonyl (C=O) groups excluding carboxylic acids is 1. The normalized spacial score (nSPS) is 38.0. The molecule has 0 N–H and O–H groups in total. The Hall–Kier alpha value is -2.13. The summed E-state index contributed by atoms with van der Waals surface area (Å²) in [5.41, 5.74) is 7.12. The zero-order valence-corrected chi connectivity index (χ0v) is 20.1. The predicted molar refractivity (Wildman–Crippen MR) is 130 cm³/mol. The lowest BCUT2D eigenvalue weighted by molar-refractivity contribution is -0.128. The Labute approximate surface area is 197 Å². The molecule has 1 spiro atoms. The van der Waals surface area contributed by atoms with Gasteiger partial charge < -0.3 is 9.47 Å². The Morgan fingerprint density at radius 3 is 2.67 bits per heavy atom. The number of hydrogen-bond acceptors (Lipinski definition) is 3. The number of methoxy groups -OCH3 is 1. The van der Waals surface area contributed by atoms with Crippen LogP contribution in [0.4, 0.5) is 0 Å². The van der Waals surface area contributed by atoms with Gasteiger partial charge in [-0.2, -0.15) is 0 Å². The fraction of sp³-hybridized carbons (Fsp3) is 0.567. The molecule has 0 radical (unpaired) electrons. The largest absolute Gasteiger partial charge is 0.497 e. The van der Waals surface area contributed by atoms with Crippen molar-refractivity contribution in [3.8, 4) is 5.75 Å². The molecule has 3 nitrogen and oxygen atoms in total. The van der Waals surface area contributed by atoms with Crippen LogP contribution in [0.15, 0.2) is 59.2 Å². The molecule has 1 aromatic rings. The highest BCUT2D eigenvalue weighted by Crippen LogP contribution is 2.69. The standard InChI is InChI=1S/C30H36O3/c1-19-5-4-16-33-30(19)15-14-27-25-12-8-21-17-22(31)9-13-24(21)28(25)26(18-29(27,30)2)20-6-10-23(32-3)11-7-20/h6-7,10-11,17,25-27H,1,4-5,8-9,12-16,18H2,2-3H3/t25-,26+,27-,29-,30-/m0/s1. The molecule has 33 heavy (non-hydrogen) atoms. The Bertz CT molecular complexity index is 1060. The van der Waals surface area contributed by atoms with Gasteiger partial charge in [-0.15, -0.1) is 0 Å². The summed E-state index contributed by atoms with van der Waals surface area (Å²) in [5, 5.41) is 0. The molecule has 3 fully saturated rings. The summed E-state index contributed by atoms with van der Waals surface area (Å²) < 4.78 is 12.2. The zero-order valence-electron chi connectivity index (χ0n) is 20.1. The van der Waals surface area contributed by atoms with E-state index in [1.807, 2.05) is 6.08 Å². The van der Waals surface area contributed by atoms with Gasteiger partial charge in [0.05, 0.1) is 12.7 Å². The number of ketones is 1. The SMILES string of the molecule is C=C1CCCO[C@@]12CC[C@H]1[C@@H]3CCC4=CC(=O)CCC4=C3[C@@H](c3ccc(OC)cc3)C[C@@]12C. The van der Waals surface area contributed by atoms with Crippen LogP contribution < -0.4 is 4.74 Å². The quantitative estimate of drug-likeness (QED) is 0.476. The molecule has 6 rings (SSSR count). The molecule has 2 saturated carbocycles. The van der Waals surface area contributed by atoms with E-state index in [0.29, 0.717) is 30.0 Å². The first kappa shape index (κ1) is 21.4. The maximum Gasteiger partial charge on any atom is 0.156 e. The van der Waals surface area contributed by atoms with Crippen molar-refractivity contribution in [1.82, 2.24) is 0 Å². The third-order valence-electron chi connectivity index (χ3n) is 9.92. The highest BCUT2D eigenvalue weighted by molar-refractivity contribution is 5.93. The van der Waals surface area contributed by atoms with Crippen LogP contribution in [0, 0.1) is 17.3 Å². The van der Waals surface area contributed by atoms with E-state index >= 15 is 0 Å². The fourth-order valence-corrected chi connectivity index (χ4v) is 8.44. The van der Waals surface area contributed by atoms with E-state index in [4.69, 9.17) is 9.47 Å². The second-order valence-corrected chi connectivity index (χ2v) is 11.2. The molecule has 1 heterocycles. The predicted octanol–water partition coefficient (Wildman–Crippen LogP) is 6.70. The number of rotatable bonds is 2. The molecule has 0 aromatic heterocycles.